The van der Waals surface area contributed by atoms with E-state index >= 15 is 0 Å². The molecule has 0 amide bonds. The van der Waals surface area contributed by atoms with Crippen molar-refractivity contribution in [1.29, 1.82) is 0 Å². The summed E-state index contributed by atoms with van der Waals surface area (Å²) in [5, 5.41) is 9.67. The third-order valence-electron chi connectivity index (χ3n) is 2.38. The second-order valence-corrected chi connectivity index (χ2v) is 5.38. The Kier molecular flexibility index (Phi) is 10.5. The minimum Gasteiger partial charge on any atom is -0.390 e. The molecule has 0 saturated heterocycles. The van der Waals surface area contributed by atoms with Crippen LogP contribution in [0.4, 0.5) is 0 Å². The first-order valence-corrected chi connectivity index (χ1v) is 7.11. The molecule has 0 spiro atoms. The number of rotatable bonds is 10. The zero-order valence-electron chi connectivity index (χ0n) is 10.9. The standard InChI is InChI=1S/C12H26O3S/c1-5-10(2)8-16-9-12(13)7-15-11(3)6-14-4/h10-13H,5-9H2,1-4H3. The third kappa shape index (κ3) is 9.46. The van der Waals surface area contributed by atoms with Gasteiger partial charge in [0.15, 0.2) is 0 Å². The molecule has 0 aromatic heterocycles. The number of methoxy groups -OCH3 is 1. The van der Waals surface area contributed by atoms with Gasteiger partial charge in [0.25, 0.3) is 0 Å². The number of thioether (sulfide) groups is 1. The van der Waals surface area contributed by atoms with Crippen molar-refractivity contribution in [2.45, 2.75) is 39.4 Å². The highest BCUT2D eigenvalue weighted by Gasteiger charge is 2.09. The molecule has 0 saturated carbocycles. The molecule has 0 aliphatic carbocycles. The first-order valence-electron chi connectivity index (χ1n) is 5.96. The van der Waals surface area contributed by atoms with E-state index in [0.717, 1.165) is 17.4 Å². The van der Waals surface area contributed by atoms with Gasteiger partial charge in [0.1, 0.15) is 0 Å². The summed E-state index contributed by atoms with van der Waals surface area (Å²) in [4.78, 5) is 0. The van der Waals surface area contributed by atoms with Crippen LogP contribution in [0, 0.1) is 5.92 Å². The molecule has 0 radical (unpaired) electrons. The quantitative estimate of drug-likeness (QED) is 0.645. The van der Waals surface area contributed by atoms with E-state index in [9.17, 15) is 5.11 Å². The lowest BCUT2D eigenvalue weighted by Gasteiger charge is -2.16. The Morgan fingerprint density at radius 2 is 1.88 bits per heavy atom. The molecule has 0 aliphatic heterocycles. The number of ether oxygens (including phenoxy) is 2. The van der Waals surface area contributed by atoms with Gasteiger partial charge in [-0.25, -0.2) is 0 Å². The van der Waals surface area contributed by atoms with Gasteiger partial charge in [0.2, 0.25) is 0 Å². The molecule has 0 aromatic rings. The van der Waals surface area contributed by atoms with Crippen LogP contribution in [0.1, 0.15) is 27.2 Å². The van der Waals surface area contributed by atoms with Crippen LogP contribution in [0.25, 0.3) is 0 Å². The van der Waals surface area contributed by atoms with Crippen LogP contribution in [0.15, 0.2) is 0 Å². The molecular weight excluding hydrogens is 224 g/mol. The first kappa shape index (κ1) is 16.2. The molecule has 0 aliphatic rings. The fourth-order valence-electron chi connectivity index (χ4n) is 1.13. The monoisotopic (exact) mass is 250 g/mol. The molecule has 0 bridgehead atoms. The second-order valence-electron chi connectivity index (χ2n) is 4.30. The summed E-state index contributed by atoms with van der Waals surface area (Å²) in [6, 6.07) is 0. The summed E-state index contributed by atoms with van der Waals surface area (Å²) in [6.45, 7) is 7.35. The molecule has 0 aromatic carbocycles. The van der Waals surface area contributed by atoms with Crippen LogP contribution in [0.3, 0.4) is 0 Å². The third-order valence-corrected chi connectivity index (χ3v) is 3.81. The Morgan fingerprint density at radius 3 is 2.44 bits per heavy atom. The number of hydrogen-bond acceptors (Lipinski definition) is 4. The Bertz CT molecular complexity index is 155. The zero-order chi connectivity index (χ0) is 12.4. The summed E-state index contributed by atoms with van der Waals surface area (Å²) in [5.74, 6) is 2.59. The van der Waals surface area contributed by atoms with E-state index in [0.29, 0.717) is 13.2 Å². The molecular formula is C12H26O3S. The Hall–Kier alpha value is 0.230. The fourth-order valence-corrected chi connectivity index (χ4v) is 2.27. The lowest BCUT2D eigenvalue weighted by Crippen LogP contribution is -2.24. The van der Waals surface area contributed by atoms with Crippen molar-refractivity contribution in [1.82, 2.24) is 0 Å². The Morgan fingerprint density at radius 1 is 1.19 bits per heavy atom. The molecule has 0 fully saturated rings. The van der Waals surface area contributed by atoms with Crippen LogP contribution in [0.5, 0.6) is 0 Å². The minimum absolute atomic E-state index is 0.0548. The smallest absolute Gasteiger partial charge is 0.0863 e. The first-order chi connectivity index (χ1) is 7.60. The molecule has 0 rings (SSSR count). The maximum absolute atomic E-state index is 9.67. The van der Waals surface area contributed by atoms with Crippen LogP contribution < -0.4 is 0 Å². The fraction of sp³-hybridized carbons (Fsp3) is 1.00. The highest BCUT2D eigenvalue weighted by Crippen LogP contribution is 2.12. The zero-order valence-corrected chi connectivity index (χ0v) is 11.8. The molecule has 98 valence electrons. The SMILES string of the molecule is CCC(C)CSCC(O)COC(C)COC. The summed E-state index contributed by atoms with van der Waals surface area (Å²) in [6.07, 6.45) is 0.886. The van der Waals surface area contributed by atoms with Crippen molar-refractivity contribution in [2.24, 2.45) is 5.92 Å². The van der Waals surface area contributed by atoms with Gasteiger partial charge in [-0.2, -0.15) is 11.8 Å². The average Bonchev–Trinajstić information content (AvgIpc) is 2.26. The maximum Gasteiger partial charge on any atom is 0.0863 e. The number of aliphatic hydroxyl groups is 1. The normalized spacial score (nSPS) is 17.1. The van der Waals surface area contributed by atoms with Gasteiger partial charge in [-0.15, -0.1) is 0 Å². The number of hydrogen-bond donors (Lipinski definition) is 1. The van der Waals surface area contributed by atoms with E-state index in [1.165, 1.54) is 6.42 Å². The lowest BCUT2D eigenvalue weighted by atomic mass is 10.2. The van der Waals surface area contributed by atoms with Gasteiger partial charge >= 0.3 is 0 Å². The van der Waals surface area contributed by atoms with Gasteiger partial charge in [0, 0.05) is 12.9 Å². The predicted molar refractivity (Wildman–Crippen MR) is 70.1 cm³/mol. The van der Waals surface area contributed by atoms with Crippen LogP contribution in [-0.4, -0.2) is 49.1 Å². The summed E-state index contributed by atoms with van der Waals surface area (Å²) < 4.78 is 10.4. The van der Waals surface area contributed by atoms with Crippen molar-refractivity contribution < 1.29 is 14.6 Å². The van der Waals surface area contributed by atoms with Crippen molar-refractivity contribution in [3.05, 3.63) is 0 Å². The van der Waals surface area contributed by atoms with Crippen LogP contribution in [0.2, 0.25) is 0 Å². The van der Waals surface area contributed by atoms with Crippen molar-refractivity contribution >= 4 is 11.8 Å². The molecule has 3 nitrogen and oxygen atoms in total. The molecule has 3 unspecified atom stereocenters. The molecule has 0 heterocycles. The largest absolute Gasteiger partial charge is 0.390 e. The van der Waals surface area contributed by atoms with Gasteiger partial charge in [-0.1, -0.05) is 20.3 Å². The van der Waals surface area contributed by atoms with E-state index in [4.69, 9.17) is 9.47 Å². The molecule has 1 N–H and O–H groups in total. The van der Waals surface area contributed by atoms with Crippen molar-refractivity contribution in [3.8, 4) is 0 Å². The Labute approximate surface area is 104 Å². The second kappa shape index (κ2) is 10.4. The summed E-state index contributed by atoms with van der Waals surface area (Å²) >= 11 is 1.80. The minimum atomic E-state index is -0.367. The van der Waals surface area contributed by atoms with E-state index in [1.807, 2.05) is 6.92 Å². The van der Waals surface area contributed by atoms with E-state index in [-0.39, 0.29) is 12.2 Å². The molecule has 16 heavy (non-hydrogen) atoms. The van der Waals surface area contributed by atoms with Crippen LogP contribution >= 0.6 is 11.8 Å². The van der Waals surface area contributed by atoms with Crippen molar-refractivity contribution in [3.63, 3.8) is 0 Å². The van der Waals surface area contributed by atoms with Gasteiger partial charge < -0.3 is 14.6 Å². The van der Waals surface area contributed by atoms with E-state index < -0.39 is 0 Å². The van der Waals surface area contributed by atoms with E-state index in [2.05, 4.69) is 13.8 Å². The van der Waals surface area contributed by atoms with Crippen molar-refractivity contribution in [2.75, 3.05) is 31.8 Å². The Balaban J connectivity index is 3.40. The average molecular weight is 250 g/mol. The lowest BCUT2D eigenvalue weighted by molar-refractivity contribution is -0.0257. The maximum atomic E-state index is 9.67. The van der Waals surface area contributed by atoms with E-state index in [1.54, 1.807) is 18.9 Å². The topological polar surface area (TPSA) is 38.7 Å². The van der Waals surface area contributed by atoms with Gasteiger partial charge in [-0.3, -0.25) is 0 Å². The molecule has 3 atom stereocenters. The van der Waals surface area contributed by atoms with Crippen LogP contribution in [-0.2, 0) is 9.47 Å². The summed E-state index contributed by atoms with van der Waals surface area (Å²) in [5.41, 5.74) is 0. The van der Waals surface area contributed by atoms with Gasteiger partial charge in [0.05, 0.1) is 25.4 Å². The highest BCUT2D eigenvalue weighted by atomic mass is 32.2. The summed E-state index contributed by atoms with van der Waals surface area (Å²) in [7, 11) is 1.65. The number of aliphatic hydroxyl groups excluding tert-OH is 1. The predicted octanol–water partition coefficient (Wildman–Crippen LogP) is 2.18. The highest BCUT2D eigenvalue weighted by molar-refractivity contribution is 7.99. The van der Waals surface area contributed by atoms with Gasteiger partial charge in [-0.05, 0) is 18.6 Å². The molecule has 4 heteroatoms.